The van der Waals surface area contributed by atoms with Crippen molar-refractivity contribution in [2.75, 3.05) is 20.6 Å². The maximum atomic E-state index is 5.26. The van der Waals surface area contributed by atoms with Gasteiger partial charge in [-0.2, -0.15) is 0 Å². The van der Waals surface area contributed by atoms with E-state index in [4.69, 9.17) is 12.2 Å². The van der Waals surface area contributed by atoms with Gasteiger partial charge in [0.2, 0.25) is 0 Å². The fraction of sp³-hybridized carbons (Fsp3) is 0.727. The van der Waals surface area contributed by atoms with E-state index in [1.165, 1.54) is 0 Å². The fourth-order valence-electron chi connectivity index (χ4n) is 1.86. The summed E-state index contributed by atoms with van der Waals surface area (Å²) in [6.07, 6.45) is 5.11. The van der Waals surface area contributed by atoms with Gasteiger partial charge in [-0.05, 0) is 38.7 Å². The van der Waals surface area contributed by atoms with Gasteiger partial charge in [0, 0.05) is 25.0 Å². The van der Waals surface area contributed by atoms with Crippen LogP contribution in [-0.2, 0) is 0 Å². The van der Waals surface area contributed by atoms with E-state index in [2.05, 4.69) is 42.4 Å². The number of hydrogen-bond donors (Lipinski definition) is 1. The molecule has 0 radical (unpaired) electrons. The van der Waals surface area contributed by atoms with Crippen LogP contribution in [0.1, 0.15) is 26.3 Å². The predicted octanol–water partition coefficient (Wildman–Crippen LogP) is 2.69. The number of aromatic amines is 1. The molecule has 1 atom stereocenters. The first-order valence-electron chi connectivity index (χ1n) is 5.41. The van der Waals surface area contributed by atoms with E-state index in [1.807, 2.05) is 12.4 Å². The summed E-state index contributed by atoms with van der Waals surface area (Å²) in [5.41, 5.74) is 0. The molecule has 1 aromatic rings. The molecule has 0 aromatic carbocycles. The van der Waals surface area contributed by atoms with Crippen molar-refractivity contribution in [2.45, 2.75) is 26.3 Å². The molecule has 0 aliphatic heterocycles. The summed E-state index contributed by atoms with van der Waals surface area (Å²) < 4.78 is 2.98. The minimum Gasteiger partial charge on any atom is -0.337 e. The van der Waals surface area contributed by atoms with Crippen molar-refractivity contribution in [3.8, 4) is 0 Å². The SMILES string of the molecule is CC(C)CC(CN(C)C)n1cc[nH]c1=S. The van der Waals surface area contributed by atoms with E-state index >= 15 is 0 Å². The van der Waals surface area contributed by atoms with Crippen LogP contribution in [0.2, 0.25) is 0 Å². The van der Waals surface area contributed by atoms with Crippen LogP contribution in [0.5, 0.6) is 0 Å². The predicted molar refractivity (Wildman–Crippen MR) is 66.7 cm³/mol. The summed E-state index contributed by atoms with van der Waals surface area (Å²) in [6, 6.07) is 0.471. The van der Waals surface area contributed by atoms with Crippen molar-refractivity contribution in [3.05, 3.63) is 17.2 Å². The number of imidazole rings is 1. The van der Waals surface area contributed by atoms with Crippen molar-refractivity contribution in [2.24, 2.45) is 5.92 Å². The third-order valence-corrected chi connectivity index (χ3v) is 2.72. The topological polar surface area (TPSA) is 24.0 Å². The van der Waals surface area contributed by atoms with Crippen molar-refractivity contribution < 1.29 is 0 Å². The fourth-order valence-corrected chi connectivity index (χ4v) is 2.14. The zero-order chi connectivity index (χ0) is 11.4. The highest BCUT2D eigenvalue weighted by molar-refractivity contribution is 7.71. The monoisotopic (exact) mass is 227 g/mol. The Morgan fingerprint density at radius 1 is 1.47 bits per heavy atom. The summed E-state index contributed by atoms with van der Waals surface area (Å²) in [7, 11) is 4.20. The number of aromatic nitrogens is 2. The molecule has 1 heterocycles. The number of hydrogen-bond acceptors (Lipinski definition) is 2. The summed E-state index contributed by atoms with van der Waals surface area (Å²) >= 11 is 5.26. The molecule has 0 fully saturated rings. The number of H-pyrrole nitrogens is 1. The lowest BCUT2D eigenvalue weighted by molar-refractivity contribution is 0.287. The Hall–Kier alpha value is -0.610. The van der Waals surface area contributed by atoms with Gasteiger partial charge >= 0.3 is 0 Å². The quantitative estimate of drug-likeness (QED) is 0.782. The first kappa shape index (κ1) is 12.5. The Bertz CT molecular complexity index is 328. The summed E-state index contributed by atoms with van der Waals surface area (Å²) in [6.45, 7) is 5.53. The first-order valence-corrected chi connectivity index (χ1v) is 5.81. The molecule has 0 aliphatic rings. The third-order valence-electron chi connectivity index (χ3n) is 2.39. The molecule has 1 rings (SSSR count). The van der Waals surface area contributed by atoms with Crippen molar-refractivity contribution in [1.82, 2.24) is 14.5 Å². The zero-order valence-corrected chi connectivity index (χ0v) is 10.8. The number of rotatable bonds is 5. The second-order valence-electron chi connectivity index (χ2n) is 4.72. The van der Waals surface area contributed by atoms with Gasteiger partial charge in [0.25, 0.3) is 0 Å². The Kier molecular flexibility index (Phi) is 4.54. The third kappa shape index (κ3) is 3.80. The number of nitrogens with one attached hydrogen (secondary N) is 1. The lowest BCUT2D eigenvalue weighted by Gasteiger charge is -2.24. The van der Waals surface area contributed by atoms with Crippen molar-refractivity contribution in [3.63, 3.8) is 0 Å². The second-order valence-corrected chi connectivity index (χ2v) is 5.10. The molecule has 1 N–H and O–H groups in total. The summed E-state index contributed by atoms with van der Waals surface area (Å²) in [5, 5.41) is 0. The average Bonchev–Trinajstić information content (AvgIpc) is 2.48. The molecule has 0 bridgehead atoms. The Morgan fingerprint density at radius 3 is 2.53 bits per heavy atom. The number of nitrogens with zero attached hydrogens (tertiary/aromatic N) is 2. The van der Waals surface area contributed by atoms with Gasteiger partial charge < -0.3 is 14.5 Å². The van der Waals surface area contributed by atoms with Crippen LogP contribution in [0.4, 0.5) is 0 Å². The zero-order valence-electron chi connectivity index (χ0n) is 10.0. The highest BCUT2D eigenvalue weighted by Crippen LogP contribution is 2.18. The van der Waals surface area contributed by atoms with Crippen LogP contribution in [-0.4, -0.2) is 35.1 Å². The minimum absolute atomic E-state index is 0.471. The molecular weight excluding hydrogens is 206 g/mol. The van der Waals surface area contributed by atoms with Crippen LogP contribution < -0.4 is 0 Å². The first-order chi connectivity index (χ1) is 7.00. The van der Waals surface area contributed by atoms with Crippen LogP contribution in [0.3, 0.4) is 0 Å². The molecule has 1 aromatic heterocycles. The molecule has 3 nitrogen and oxygen atoms in total. The lowest BCUT2D eigenvalue weighted by atomic mass is 10.0. The van der Waals surface area contributed by atoms with E-state index in [-0.39, 0.29) is 0 Å². The van der Waals surface area contributed by atoms with Gasteiger partial charge in [0.15, 0.2) is 4.77 Å². The maximum Gasteiger partial charge on any atom is 0.177 e. The molecule has 0 aliphatic carbocycles. The Morgan fingerprint density at radius 2 is 2.13 bits per heavy atom. The molecule has 0 spiro atoms. The molecule has 0 saturated heterocycles. The molecule has 86 valence electrons. The van der Waals surface area contributed by atoms with Crippen LogP contribution in [0, 0.1) is 10.7 Å². The summed E-state index contributed by atoms with van der Waals surface area (Å²) in [5.74, 6) is 0.687. The Balaban J connectivity index is 2.81. The summed E-state index contributed by atoms with van der Waals surface area (Å²) in [4.78, 5) is 5.26. The largest absolute Gasteiger partial charge is 0.337 e. The standard InChI is InChI=1S/C11H21N3S/c1-9(2)7-10(8-13(3)4)14-6-5-12-11(14)15/h5-6,9-10H,7-8H2,1-4H3,(H,12,15). The van der Waals surface area contributed by atoms with Gasteiger partial charge in [0.1, 0.15) is 0 Å². The van der Waals surface area contributed by atoms with Gasteiger partial charge in [-0.3, -0.25) is 0 Å². The van der Waals surface area contributed by atoms with Gasteiger partial charge in [0.05, 0.1) is 0 Å². The van der Waals surface area contributed by atoms with E-state index in [1.54, 1.807) is 0 Å². The molecule has 0 amide bonds. The lowest BCUT2D eigenvalue weighted by Crippen LogP contribution is -2.25. The van der Waals surface area contributed by atoms with Crippen molar-refractivity contribution in [1.29, 1.82) is 0 Å². The van der Waals surface area contributed by atoms with Crippen LogP contribution in [0.15, 0.2) is 12.4 Å². The molecule has 1 unspecified atom stereocenters. The highest BCUT2D eigenvalue weighted by atomic mass is 32.1. The van der Waals surface area contributed by atoms with Gasteiger partial charge in [-0.1, -0.05) is 13.8 Å². The van der Waals surface area contributed by atoms with Crippen LogP contribution >= 0.6 is 12.2 Å². The normalized spacial score (nSPS) is 13.7. The highest BCUT2D eigenvalue weighted by Gasteiger charge is 2.14. The molecular formula is C11H21N3S. The van der Waals surface area contributed by atoms with E-state index in [0.29, 0.717) is 12.0 Å². The Labute approximate surface area is 97.1 Å². The molecule has 0 saturated carbocycles. The van der Waals surface area contributed by atoms with E-state index in [9.17, 15) is 0 Å². The van der Waals surface area contributed by atoms with E-state index in [0.717, 1.165) is 17.7 Å². The van der Waals surface area contributed by atoms with Gasteiger partial charge in [-0.15, -0.1) is 0 Å². The number of likely N-dealkylation sites (N-methyl/N-ethyl adjacent to an activating group) is 1. The average molecular weight is 227 g/mol. The van der Waals surface area contributed by atoms with Crippen LogP contribution in [0.25, 0.3) is 0 Å². The second kappa shape index (κ2) is 5.47. The van der Waals surface area contributed by atoms with Gasteiger partial charge in [-0.25, -0.2) is 0 Å². The minimum atomic E-state index is 0.471. The van der Waals surface area contributed by atoms with E-state index < -0.39 is 0 Å². The smallest absolute Gasteiger partial charge is 0.177 e. The molecule has 4 heteroatoms. The van der Waals surface area contributed by atoms with Crippen molar-refractivity contribution >= 4 is 12.2 Å². The maximum absolute atomic E-state index is 5.26. The molecule has 15 heavy (non-hydrogen) atoms.